The van der Waals surface area contributed by atoms with Crippen molar-refractivity contribution in [2.75, 3.05) is 7.11 Å². The molecule has 0 radical (unpaired) electrons. The van der Waals surface area contributed by atoms with E-state index < -0.39 is 0 Å². The Bertz CT molecular complexity index is 836. The van der Waals surface area contributed by atoms with Crippen LogP contribution in [0, 0.1) is 6.92 Å². The van der Waals surface area contributed by atoms with Crippen molar-refractivity contribution in [3.05, 3.63) is 51.6 Å². The average molecular weight is 364 g/mol. The summed E-state index contributed by atoms with van der Waals surface area (Å²) in [5, 5.41) is 1.21. The first kappa shape index (κ1) is 14.3. The van der Waals surface area contributed by atoms with Crippen molar-refractivity contribution in [3.8, 4) is 17.1 Å². The third-order valence-corrected chi connectivity index (χ3v) is 4.20. The number of aryl methyl sites for hydroxylation is 1. The van der Waals surface area contributed by atoms with Crippen molar-refractivity contribution in [3.63, 3.8) is 0 Å². The number of methoxy groups -OCH3 is 1. The van der Waals surface area contributed by atoms with Crippen molar-refractivity contribution >= 4 is 38.4 Å². The zero-order valence-corrected chi connectivity index (χ0v) is 13.9. The van der Waals surface area contributed by atoms with E-state index in [2.05, 4.69) is 25.9 Å². The normalized spacial score (nSPS) is 10.9. The van der Waals surface area contributed by atoms with Gasteiger partial charge in [0.05, 0.1) is 18.0 Å². The molecule has 2 aromatic carbocycles. The molecule has 1 heterocycles. The molecule has 0 spiro atoms. The van der Waals surface area contributed by atoms with E-state index in [9.17, 15) is 0 Å². The second-order valence-corrected chi connectivity index (χ2v) is 5.87. The summed E-state index contributed by atoms with van der Waals surface area (Å²) in [6.45, 7) is 2.03. The fourth-order valence-electron chi connectivity index (χ4n) is 2.21. The van der Waals surface area contributed by atoms with Gasteiger partial charge in [0.2, 0.25) is 0 Å². The van der Waals surface area contributed by atoms with E-state index in [1.165, 1.54) is 0 Å². The van der Waals surface area contributed by atoms with E-state index in [0.29, 0.717) is 11.0 Å². The van der Waals surface area contributed by atoms with Gasteiger partial charge in [0, 0.05) is 16.1 Å². The number of benzene rings is 2. The molecule has 5 heteroatoms. The highest BCUT2D eigenvalue weighted by atomic mass is 79.9. The van der Waals surface area contributed by atoms with Gasteiger partial charge in [0.1, 0.15) is 10.9 Å². The van der Waals surface area contributed by atoms with Crippen molar-refractivity contribution in [1.29, 1.82) is 0 Å². The Labute approximate surface area is 136 Å². The number of rotatable bonds is 2. The molecule has 0 atom stereocenters. The number of aromatic nitrogens is 2. The predicted molar refractivity (Wildman–Crippen MR) is 89.0 cm³/mol. The zero-order chi connectivity index (χ0) is 15.0. The third-order valence-electron chi connectivity index (χ3n) is 3.30. The van der Waals surface area contributed by atoms with Crippen molar-refractivity contribution < 1.29 is 4.74 Å². The van der Waals surface area contributed by atoms with Gasteiger partial charge in [-0.25, -0.2) is 9.97 Å². The number of hydrogen-bond donors (Lipinski definition) is 0. The van der Waals surface area contributed by atoms with Crippen LogP contribution in [-0.4, -0.2) is 17.1 Å². The maximum absolute atomic E-state index is 6.34. The highest BCUT2D eigenvalue weighted by Crippen LogP contribution is 2.34. The van der Waals surface area contributed by atoms with Gasteiger partial charge in [0.25, 0.3) is 0 Å². The van der Waals surface area contributed by atoms with Gasteiger partial charge in [-0.05, 0) is 34.5 Å². The molecular formula is C16H12BrClN2O. The van der Waals surface area contributed by atoms with E-state index in [1.807, 2.05) is 43.3 Å². The summed E-state index contributed by atoms with van der Waals surface area (Å²) in [4.78, 5) is 9.06. The highest BCUT2D eigenvalue weighted by Gasteiger charge is 2.13. The van der Waals surface area contributed by atoms with Crippen molar-refractivity contribution in [1.82, 2.24) is 9.97 Å². The van der Waals surface area contributed by atoms with E-state index in [4.69, 9.17) is 16.3 Å². The van der Waals surface area contributed by atoms with Crippen LogP contribution in [-0.2, 0) is 0 Å². The van der Waals surface area contributed by atoms with Crippen LogP contribution in [0.5, 0.6) is 5.75 Å². The number of nitrogens with zero attached hydrogens (tertiary/aromatic N) is 2. The Morgan fingerprint density at radius 2 is 1.90 bits per heavy atom. The van der Waals surface area contributed by atoms with Crippen LogP contribution >= 0.6 is 27.5 Å². The average Bonchev–Trinajstić information content (AvgIpc) is 2.46. The van der Waals surface area contributed by atoms with Crippen LogP contribution in [0.2, 0.25) is 5.15 Å². The minimum atomic E-state index is 0.424. The lowest BCUT2D eigenvalue weighted by atomic mass is 10.1. The molecule has 3 nitrogen and oxygen atoms in total. The van der Waals surface area contributed by atoms with E-state index in [-0.39, 0.29) is 0 Å². The van der Waals surface area contributed by atoms with Gasteiger partial charge in [-0.2, -0.15) is 0 Å². The van der Waals surface area contributed by atoms with Gasteiger partial charge in [-0.3, -0.25) is 0 Å². The molecule has 0 saturated carbocycles. The maximum atomic E-state index is 6.34. The standard InChI is InChI=1S/C16H12BrClN2O/c1-9-5-3-4-6-11(9)16-19-13-8-10(21-2)7-12(17)14(13)15(18)20-16/h3-8H,1-2H3. The molecule has 0 aliphatic heterocycles. The molecule has 1 aromatic heterocycles. The lowest BCUT2D eigenvalue weighted by molar-refractivity contribution is 0.415. The fraction of sp³-hybridized carbons (Fsp3) is 0.125. The second kappa shape index (κ2) is 5.62. The van der Waals surface area contributed by atoms with Crippen LogP contribution in [0.4, 0.5) is 0 Å². The Kier molecular flexibility index (Phi) is 3.83. The minimum Gasteiger partial charge on any atom is -0.497 e. The van der Waals surface area contributed by atoms with Gasteiger partial charge in [-0.15, -0.1) is 0 Å². The van der Waals surface area contributed by atoms with Gasteiger partial charge in [-0.1, -0.05) is 35.9 Å². The first-order valence-corrected chi connectivity index (χ1v) is 7.54. The SMILES string of the molecule is COc1cc(Br)c2c(Cl)nc(-c3ccccc3C)nc2c1. The van der Waals surface area contributed by atoms with Crippen LogP contribution in [0.1, 0.15) is 5.56 Å². The topological polar surface area (TPSA) is 35.0 Å². The quantitative estimate of drug-likeness (QED) is 0.599. The molecule has 106 valence electrons. The lowest BCUT2D eigenvalue weighted by Gasteiger charge is -2.09. The molecular weight excluding hydrogens is 352 g/mol. The molecule has 0 aliphatic rings. The van der Waals surface area contributed by atoms with Crippen molar-refractivity contribution in [2.24, 2.45) is 0 Å². The van der Waals surface area contributed by atoms with Gasteiger partial charge >= 0.3 is 0 Å². The summed E-state index contributed by atoms with van der Waals surface area (Å²) in [6.07, 6.45) is 0. The van der Waals surface area contributed by atoms with E-state index in [0.717, 1.165) is 32.3 Å². The maximum Gasteiger partial charge on any atom is 0.161 e. The summed E-state index contributed by atoms with van der Waals surface area (Å²) in [5.74, 6) is 1.34. The minimum absolute atomic E-state index is 0.424. The number of ether oxygens (including phenoxy) is 1. The largest absolute Gasteiger partial charge is 0.497 e. The Hall–Kier alpha value is -1.65. The summed E-state index contributed by atoms with van der Waals surface area (Å²) in [6, 6.07) is 11.7. The Morgan fingerprint density at radius 3 is 2.62 bits per heavy atom. The number of fused-ring (bicyclic) bond motifs is 1. The predicted octanol–water partition coefficient (Wildman–Crippen LogP) is 5.03. The summed E-state index contributed by atoms with van der Waals surface area (Å²) in [5.41, 5.74) is 2.83. The Balaban J connectivity index is 2.30. The summed E-state index contributed by atoms with van der Waals surface area (Å²) < 4.78 is 6.10. The fourth-order valence-corrected chi connectivity index (χ4v) is 3.22. The monoisotopic (exact) mass is 362 g/mol. The first-order valence-electron chi connectivity index (χ1n) is 6.37. The molecule has 3 aromatic rings. The van der Waals surface area contributed by atoms with Crippen LogP contribution < -0.4 is 4.74 Å². The van der Waals surface area contributed by atoms with Gasteiger partial charge < -0.3 is 4.74 Å². The third kappa shape index (κ3) is 2.61. The molecule has 21 heavy (non-hydrogen) atoms. The first-order chi connectivity index (χ1) is 10.1. The van der Waals surface area contributed by atoms with Crippen LogP contribution in [0.25, 0.3) is 22.3 Å². The van der Waals surface area contributed by atoms with Crippen LogP contribution in [0.15, 0.2) is 40.9 Å². The summed E-state index contributed by atoms with van der Waals surface area (Å²) in [7, 11) is 1.62. The number of halogens is 2. The molecule has 0 fully saturated rings. The van der Waals surface area contributed by atoms with Crippen LogP contribution in [0.3, 0.4) is 0 Å². The molecule has 0 N–H and O–H groups in total. The second-order valence-electron chi connectivity index (χ2n) is 4.66. The zero-order valence-electron chi connectivity index (χ0n) is 11.5. The van der Waals surface area contributed by atoms with Crippen molar-refractivity contribution in [2.45, 2.75) is 6.92 Å². The molecule has 3 rings (SSSR count). The molecule has 0 bridgehead atoms. The van der Waals surface area contributed by atoms with E-state index in [1.54, 1.807) is 7.11 Å². The Morgan fingerprint density at radius 1 is 1.14 bits per heavy atom. The van der Waals surface area contributed by atoms with E-state index >= 15 is 0 Å². The summed E-state index contributed by atoms with van der Waals surface area (Å²) >= 11 is 9.83. The molecule has 0 amide bonds. The van der Waals surface area contributed by atoms with Gasteiger partial charge in [0.15, 0.2) is 5.82 Å². The molecule has 0 unspecified atom stereocenters. The molecule has 0 saturated heterocycles. The highest BCUT2D eigenvalue weighted by molar-refractivity contribution is 9.10. The smallest absolute Gasteiger partial charge is 0.161 e. The number of hydrogen-bond acceptors (Lipinski definition) is 3. The lowest BCUT2D eigenvalue weighted by Crippen LogP contribution is -1.95. The molecule has 0 aliphatic carbocycles.